The molecule has 0 unspecified atom stereocenters. The summed E-state index contributed by atoms with van der Waals surface area (Å²) in [7, 11) is 0. The van der Waals surface area contributed by atoms with E-state index in [2.05, 4.69) is 36.1 Å². The van der Waals surface area contributed by atoms with E-state index >= 15 is 0 Å². The highest BCUT2D eigenvalue weighted by Gasteiger charge is 2.14. The molecule has 0 bridgehead atoms. The summed E-state index contributed by atoms with van der Waals surface area (Å²) in [6, 6.07) is 12.0. The van der Waals surface area contributed by atoms with E-state index in [1.54, 1.807) is 0 Å². The summed E-state index contributed by atoms with van der Waals surface area (Å²) >= 11 is 4.94. The number of H-pyrrole nitrogens is 1. The fraction of sp³-hybridized carbons (Fsp3) is 0.0556. The van der Waals surface area contributed by atoms with Crippen LogP contribution in [0.4, 0.5) is 0 Å². The summed E-state index contributed by atoms with van der Waals surface area (Å²) in [6.07, 6.45) is 5.88. The Bertz CT molecular complexity index is 1220. The predicted molar refractivity (Wildman–Crippen MR) is 104 cm³/mol. The monoisotopic (exact) mass is 425 g/mol. The van der Waals surface area contributed by atoms with Crippen molar-refractivity contribution in [1.29, 1.82) is 0 Å². The molecule has 4 heterocycles. The minimum absolute atomic E-state index is 0.517. The molecule has 5 aromatic rings. The molecule has 8 heteroatoms. The SMILES string of the molecule is Brc1ccc2nc(CSc3nnc(-c4c[nH]c5ccccc45)o3)cn2c1. The lowest BCUT2D eigenvalue weighted by Crippen LogP contribution is -1.80. The Morgan fingerprint density at radius 2 is 2.04 bits per heavy atom. The van der Waals surface area contributed by atoms with Crippen LogP contribution in [0.25, 0.3) is 28.0 Å². The number of aromatic nitrogens is 5. The zero-order valence-corrected chi connectivity index (χ0v) is 15.8. The molecular formula is C18H12BrN5OS. The average Bonchev–Trinajstić information content (AvgIpc) is 3.36. The van der Waals surface area contributed by atoms with Gasteiger partial charge in [-0.3, -0.25) is 0 Å². The van der Waals surface area contributed by atoms with Gasteiger partial charge in [0.05, 0.1) is 11.3 Å². The van der Waals surface area contributed by atoms with E-state index in [4.69, 9.17) is 4.42 Å². The maximum Gasteiger partial charge on any atom is 0.277 e. The van der Waals surface area contributed by atoms with Crippen LogP contribution in [-0.4, -0.2) is 24.6 Å². The van der Waals surface area contributed by atoms with Crippen LogP contribution >= 0.6 is 27.7 Å². The van der Waals surface area contributed by atoms with Crippen LogP contribution in [0.3, 0.4) is 0 Å². The first-order valence-corrected chi connectivity index (χ1v) is 9.70. The number of rotatable bonds is 4. The summed E-state index contributed by atoms with van der Waals surface area (Å²) in [5.41, 5.74) is 3.83. The van der Waals surface area contributed by atoms with Gasteiger partial charge in [0, 0.05) is 39.7 Å². The number of thioether (sulfide) groups is 1. The number of para-hydroxylation sites is 1. The van der Waals surface area contributed by atoms with E-state index in [0.717, 1.165) is 32.3 Å². The van der Waals surface area contributed by atoms with Crippen molar-refractivity contribution in [2.45, 2.75) is 11.0 Å². The van der Waals surface area contributed by atoms with Gasteiger partial charge in [0.1, 0.15) is 5.65 Å². The summed E-state index contributed by atoms with van der Waals surface area (Å²) in [4.78, 5) is 7.81. The van der Waals surface area contributed by atoms with Crippen molar-refractivity contribution in [2.24, 2.45) is 0 Å². The van der Waals surface area contributed by atoms with Gasteiger partial charge >= 0.3 is 0 Å². The molecule has 0 saturated carbocycles. The van der Waals surface area contributed by atoms with Crippen LogP contribution in [0.2, 0.25) is 0 Å². The largest absolute Gasteiger partial charge is 0.411 e. The third-order valence-electron chi connectivity index (χ3n) is 4.03. The molecule has 128 valence electrons. The Balaban J connectivity index is 1.36. The molecule has 26 heavy (non-hydrogen) atoms. The van der Waals surface area contributed by atoms with Gasteiger partial charge in [-0.05, 0) is 34.1 Å². The Hall–Kier alpha value is -2.58. The smallest absolute Gasteiger partial charge is 0.277 e. The van der Waals surface area contributed by atoms with Crippen molar-refractivity contribution >= 4 is 44.2 Å². The molecule has 4 aromatic heterocycles. The van der Waals surface area contributed by atoms with Crippen LogP contribution in [0.1, 0.15) is 5.69 Å². The van der Waals surface area contributed by atoms with Gasteiger partial charge in [-0.25, -0.2) is 4.98 Å². The molecule has 0 aliphatic rings. The van der Waals surface area contributed by atoms with Crippen LogP contribution in [0.5, 0.6) is 0 Å². The molecule has 0 atom stereocenters. The third kappa shape index (κ3) is 2.81. The van der Waals surface area contributed by atoms with Gasteiger partial charge in [0.2, 0.25) is 0 Å². The van der Waals surface area contributed by atoms with Crippen LogP contribution in [0.15, 0.2) is 69.1 Å². The van der Waals surface area contributed by atoms with Crippen molar-refractivity contribution in [3.63, 3.8) is 0 Å². The van der Waals surface area contributed by atoms with E-state index in [1.807, 2.05) is 59.4 Å². The molecule has 0 aliphatic heterocycles. The number of halogens is 1. The number of aromatic amines is 1. The standard InChI is InChI=1S/C18H12BrN5OS/c19-11-5-6-16-21-12(9-24(16)8-11)10-26-18-23-22-17(25-18)14-7-20-15-4-2-1-3-13(14)15/h1-9,20H,10H2. The molecule has 0 spiro atoms. The molecular weight excluding hydrogens is 414 g/mol. The first-order chi connectivity index (χ1) is 12.8. The molecule has 0 saturated heterocycles. The minimum Gasteiger partial charge on any atom is -0.411 e. The molecule has 1 aromatic carbocycles. The van der Waals surface area contributed by atoms with Gasteiger partial charge in [-0.2, -0.15) is 0 Å². The fourth-order valence-corrected chi connectivity index (χ4v) is 3.85. The van der Waals surface area contributed by atoms with E-state index in [1.165, 1.54) is 11.8 Å². The molecule has 5 rings (SSSR count). The first-order valence-electron chi connectivity index (χ1n) is 7.92. The van der Waals surface area contributed by atoms with Crippen LogP contribution < -0.4 is 0 Å². The molecule has 0 fully saturated rings. The number of nitrogens with zero attached hydrogens (tertiary/aromatic N) is 4. The number of fused-ring (bicyclic) bond motifs is 2. The maximum atomic E-state index is 5.83. The second kappa shape index (κ2) is 6.30. The normalized spacial score (nSPS) is 11.6. The Labute approximate surface area is 160 Å². The van der Waals surface area contributed by atoms with Gasteiger partial charge < -0.3 is 13.8 Å². The van der Waals surface area contributed by atoms with Crippen LogP contribution in [-0.2, 0) is 5.75 Å². The van der Waals surface area contributed by atoms with Crippen molar-refractivity contribution in [3.05, 3.63) is 65.2 Å². The van der Waals surface area contributed by atoms with Crippen molar-refractivity contribution in [1.82, 2.24) is 24.6 Å². The molecule has 6 nitrogen and oxygen atoms in total. The number of hydrogen-bond donors (Lipinski definition) is 1. The third-order valence-corrected chi connectivity index (χ3v) is 5.36. The summed E-state index contributed by atoms with van der Waals surface area (Å²) in [5, 5.41) is 9.94. The number of nitrogens with one attached hydrogen (secondary N) is 1. The van der Waals surface area contributed by atoms with Crippen molar-refractivity contribution in [2.75, 3.05) is 0 Å². The summed E-state index contributed by atoms with van der Waals surface area (Å²) in [5.74, 6) is 1.18. The van der Waals surface area contributed by atoms with E-state index in [9.17, 15) is 0 Å². The second-order valence-corrected chi connectivity index (χ2v) is 7.60. The maximum absolute atomic E-state index is 5.83. The van der Waals surface area contributed by atoms with Crippen molar-refractivity contribution in [3.8, 4) is 11.5 Å². The van der Waals surface area contributed by atoms with Gasteiger partial charge in [0.25, 0.3) is 11.1 Å². The highest BCUT2D eigenvalue weighted by molar-refractivity contribution is 9.10. The lowest BCUT2D eigenvalue weighted by atomic mass is 10.2. The quantitative estimate of drug-likeness (QED) is 0.413. The van der Waals surface area contributed by atoms with Gasteiger partial charge in [0.15, 0.2) is 0 Å². The lowest BCUT2D eigenvalue weighted by Gasteiger charge is -1.93. The Kier molecular flexibility index (Phi) is 3.79. The first kappa shape index (κ1) is 15.7. The number of benzene rings is 1. The van der Waals surface area contributed by atoms with Crippen molar-refractivity contribution < 1.29 is 4.42 Å². The molecule has 0 amide bonds. The molecule has 0 radical (unpaired) electrons. The van der Waals surface area contributed by atoms with E-state index < -0.39 is 0 Å². The number of hydrogen-bond acceptors (Lipinski definition) is 5. The Morgan fingerprint density at radius 3 is 3.00 bits per heavy atom. The zero-order valence-electron chi connectivity index (χ0n) is 13.4. The molecule has 0 aliphatic carbocycles. The highest BCUT2D eigenvalue weighted by Crippen LogP contribution is 2.30. The topological polar surface area (TPSA) is 72.0 Å². The number of imidazole rings is 1. The zero-order chi connectivity index (χ0) is 17.5. The highest BCUT2D eigenvalue weighted by atomic mass is 79.9. The minimum atomic E-state index is 0.517. The van der Waals surface area contributed by atoms with Gasteiger partial charge in [-0.15, -0.1) is 10.2 Å². The fourth-order valence-electron chi connectivity index (χ4n) is 2.85. The molecule has 1 N–H and O–H groups in total. The van der Waals surface area contributed by atoms with Gasteiger partial charge in [-0.1, -0.05) is 30.0 Å². The van der Waals surface area contributed by atoms with Crippen LogP contribution in [0, 0.1) is 0 Å². The number of pyridine rings is 1. The Morgan fingerprint density at radius 1 is 1.12 bits per heavy atom. The lowest BCUT2D eigenvalue weighted by molar-refractivity contribution is 0.466. The summed E-state index contributed by atoms with van der Waals surface area (Å²) < 4.78 is 8.84. The van der Waals surface area contributed by atoms with E-state index in [-0.39, 0.29) is 0 Å². The average molecular weight is 426 g/mol. The summed E-state index contributed by atoms with van der Waals surface area (Å²) in [6.45, 7) is 0. The van der Waals surface area contributed by atoms with E-state index in [0.29, 0.717) is 16.9 Å². The second-order valence-electron chi connectivity index (χ2n) is 5.75. The predicted octanol–water partition coefficient (Wildman–Crippen LogP) is 4.92.